The van der Waals surface area contributed by atoms with Crippen LogP contribution < -0.4 is 5.73 Å². The number of methoxy groups -OCH3 is 1. The number of nitrogens with zero attached hydrogens (tertiary/aromatic N) is 1. The molecule has 0 aliphatic carbocycles. The summed E-state index contributed by atoms with van der Waals surface area (Å²) < 4.78 is 5.08. The topological polar surface area (TPSA) is 55.6 Å². The average molecular weight is 272 g/mol. The van der Waals surface area contributed by atoms with Gasteiger partial charge in [0.15, 0.2) is 0 Å². The molecule has 0 aromatic rings. The lowest BCUT2D eigenvalue weighted by Gasteiger charge is -2.26. The Morgan fingerprint density at radius 3 is 2.26 bits per heavy atom. The summed E-state index contributed by atoms with van der Waals surface area (Å²) in [6, 6.07) is 0. The van der Waals surface area contributed by atoms with Crippen LogP contribution in [0.5, 0.6) is 0 Å². The van der Waals surface area contributed by atoms with Crippen LogP contribution in [-0.4, -0.2) is 44.2 Å². The van der Waals surface area contributed by atoms with Crippen LogP contribution in [0, 0.1) is 17.8 Å². The smallest absolute Gasteiger partial charge is 0.222 e. The van der Waals surface area contributed by atoms with Gasteiger partial charge in [-0.15, -0.1) is 0 Å². The van der Waals surface area contributed by atoms with Crippen LogP contribution in [-0.2, 0) is 9.53 Å². The summed E-state index contributed by atoms with van der Waals surface area (Å²) in [5.41, 5.74) is 5.78. The van der Waals surface area contributed by atoms with Gasteiger partial charge in [0.25, 0.3) is 0 Å². The lowest BCUT2D eigenvalue weighted by Crippen LogP contribution is -2.38. The van der Waals surface area contributed by atoms with Crippen LogP contribution in [0.25, 0.3) is 0 Å². The molecule has 19 heavy (non-hydrogen) atoms. The molecule has 0 spiro atoms. The highest BCUT2D eigenvalue weighted by Crippen LogP contribution is 2.16. The highest BCUT2D eigenvalue weighted by molar-refractivity contribution is 5.76. The van der Waals surface area contributed by atoms with Crippen LogP contribution in [0.1, 0.15) is 40.5 Å². The Bertz CT molecular complexity index is 242. The first-order valence-corrected chi connectivity index (χ1v) is 7.37. The van der Waals surface area contributed by atoms with Crippen molar-refractivity contribution in [3.05, 3.63) is 0 Å². The predicted molar refractivity (Wildman–Crippen MR) is 79.9 cm³/mol. The van der Waals surface area contributed by atoms with Crippen LogP contribution in [0.2, 0.25) is 0 Å². The Balaban J connectivity index is 4.42. The molecule has 0 rings (SSSR count). The highest BCUT2D eigenvalue weighted by atomic mass is 16.5. The van der Waals surface area contributed by atoms with E-state index in [9.17, 15) is 4.79 Å². The van der Waals surface area contributed by atoms with Gasteiger partial charge in [-0.3, -0.25) is 4.79 Å². The van der Waals surface area contributed by atoms with E-state index in [1.54, 1.807) is 7.11 Å². The molecule has 0 aromatic carbocycles. The molecular formula is C15H32N2O2. The lowest BCUT2D eigenvalue weighted by atomic mass is 9.93. The second-order valence-electron chi connectivity index (χ2n) is 6.16. The molecule has 2 N–H and O–H groups in total. The maximum Gasteiger partial charge on any atom is 0.222 e. The molecule has 0 bridgehead atoms. The number of amides is 1. The van der Waals surface area contributed by atoms with Crippen molar-refractivity contribution in [1.29, 1.82) is 0 Å². The van der Waals surface area contributed by atoms with Gasteiger partial charge in [0, 0.05) is 26.6 Å². The number of ether oxygens (including phenoxy) is 1. The number of carbonyl (C=O) groups excluding carboxylic acids is 1. The van der Waals surface area contributed by atoms with Crippen molar-refractivity contribution in [2.75, 3.05) is 33.4 Å². The van der Waals surface area contributed by atoms with Crippen molar-refractivity contribution in [3.63, 3.8) is 0 Å². The maximum atomic E-state index is 12.4. The fourth-order valence-corrected chi connectivity index (χ4v) is 2.27. The minimum atomic E-state index is 0.210. The first-order chi connectivity index (χ1) is 8.90. The van der Waals surface area contributed by atoms with Gasteiger partial charge in [-0.05, 0) is 30.7 Å². The van der Waals surface area contributed by atoms with Gasteiger partial charge in [0.05, 0.1) is 6.61 Å². The fourth-order valence-electron chi connectivity index (χ4n) is 2.27. The summed E-state index contributed by atoms with van der Waals surface area (Å²) in [5, 5.41) is 0. The predicted octanol–water partition coefficient (Wildman–Crippen LogP) is 2.13. The molecule has 0 radical (unpaired) electrons. The van der Waals surface area contributed by atoms with E-state index in [1.807, 2.05) is 4.90 Å². The summed E-state index contributed by atoms with van der Waals surface area (Å²) >= 11 is 0. The van der Waals surface area contributed by atoms with E-state index in [4.69, 9.17) is 10.5 Å². The van der Waals surface area contributed by atoms with Gasteiger partial charge in [-0.25, -0.2) is 0 Å². The Morgan fingerprint density at radius 1 is 1.21 bits per heavy atom. The minimum absolute atomic E-state index is 0.210. The Hall–Kier alpha value is -0.610. The van der Waals surface area contributed by atoms with Gasteiger partial charge in [-0.1, -0.05) is 27.7 Å². The lowest BCUT2D eigenvalue weighted by molar-refractivity contribution is -0.133. The molecule has 0 fully saturated rings. The van der Waals surface area contributed by atoms with Crippen molar-refractivity contribution in [3.8, 4) is 0 Å². The fraction of sp³-hybridized carbons (Fsp3) is 0.933. The van der Waals surface area contributed by atoms with E-state index in [0.717, 1.165) is 13.0 Å². The van der Waals surface area contributed by atoms with Crippen LogP contribution in [0.3, 0.4) is 0 Å². The Morgan fingerprint density at radius 2 is 1.84 bits per heavy atom. The second kappa shape index (κ2) is 10.2. The summed E-state index contributed by atoms with van der Waals surface area (Å²) in [4.78, 5) is 14.3. The van der Waals surface area contributed by atoms with E-state index < -0.39 is 0 Å². The second-order valence-corrected chi connectivity index (χ2v) is 6.16. The summed E-state index contributed by atoms with van der Waals surface area (Å²) in [7, 11) is 1.67. The average Bonchev–Trinajstić information content (AvgIpc) is 2.32. The molecule has 4 nitrogen and oxygen atoms in total. The molecule has 4 heteroatoms. The molecule has 1 amide bonds. The van der Waals surface area contributed by atoms with Crippen molar-refractivity contribution in [2.45, 2.75) is 40.5 Å². The van der Waals surface area contributed by atoms with E-state index in [2.05, 4.69) is 27.7 Å². The highest BCUT2D eigenvalue weighted by Gasteiger charge is 2.19. The summed E-state index contributed by atoms with van der Waals surface area (Å²) in [5.74, 6) is 1.56. The normalized spacial score (nSPS) is 13.1. The zero-order chi connectivity index (χ0) is 14.8. The molecule has 0 aromatic heterocycles. The quantitative estimate of drug-likeness (QED) is 0.663. The van der Waals surface area contributed by atoms with E-state index in [0.29, 0.717) is 43.9 Å². The van der Waals surface area contributed by atoms with E-state index in [1.165, 1.54) is 0 Å². The summed E-state index contributed by atoms with van der Waals surface area (Å²) in [6.07, 6.45) is 1.58. The number of hydrogen-bond acceptors (Lipinski definition) is 3. The van der Waals surface area contributed by atoms with Gasteiger partial charge in [0.1, 0.15) is 0 Å². The summed E-state index contributed by atoms with van der Waals surface area (Å²) in [6.45, 7) is 11.2. The van der Waals surface area contributed by atoms with Gasteiger partial charge in [0.2, 0.25) is 5.91 Å². The molecular weight excluding hydrogens is 240 g/mol. The third kappa shape index (κ3) is 9.00. The van der Waals surface area contributed by atoms with Gasteiger partial charge >= 0.3 is 0 Å². The van der Waals surface area contributed by atoms with Crippen molar-refractivity contribution in [2.24, 2.45) is 23.5 Å². The molecule has 1 atom stereocenters. The minimum Gasteiger partial charge on any atom is -0.383 e. The molecule has 114 valence electrons. The molecule has 0 aliphatic heterocycles. The van der Waals surface area contributed by atoms with Crippen molar-refractivity contribution < 1.29 is 9.53 Å². The van der Waals surface area contributed by atoms with E-state index >= 15 is 0 Å². The van der Waals surface area contributed by atoms with E-state index in [-0.39, 0.29) is 5.91 Å². The zero-order valence-corrected chi connectivity index (χ0v) is 13.3. The zero-order valence-electron chi connectivity index (χ0n) is 13.3. The standard InChI is InChI=1S/C15H32N2O2/c1-12(2)8-14(10-16)9-15(18)17(6-7-19-5)11-13(3)4/h12-14H,6-11,16H2,1-5H3. The number of hydrogen-bond donors (Lipinski definition) is 1. The van der Waals surface area contributed by atoms with Crippen LogP contribution in [0.4, 0.5) is 0 Å². The van der Waals surface area contributed by atoms with Gasteiger partial charge in [-0.2, -0.15) is 0 Å². The number of carbonyl (C=O) groups is 1. The Labute approximate surface area is 118 Å². The first-order valence-electron chi connectivity index (χ1n) is 7.37. The monoisotopic (exact) mass is 272 g/mol. The van der Waals surface area contributed by atoms with Crippen LogP contribution in [0.15, 0.2) is 0 Å². The maximum absolute atomic E-state index is 12.4. The first kappa shape index (κ1) is 18.4. The SMILES string of the molecule is COCCN(CC(C)C)C(=O)CC(CN)CC(C)C. The van der Waals surface area contributed by atoms with Crippen LogP contribution >= 0.6 is 0 Å². The molecule has 0 heterocycles. The third-order valence-electron chi connectivity index (χ3n) is 3.10. The molecule has 0 saturated carbocycles. The number of rotatable bonds is 10. The van der Waals surface area contributed by atoms with Crippen molar-refractivity contribution >= 4 is 5.91 Å². The third-order valence-corrected chi connectivity index (χ3v) is 3.10. The number of nitrogens with two attached hydrogens (primary N) is 1. The van der Waals surface area contributed by atoms with Crippen molar-refractivity contribution in [1.82, 2.24) is 4.90 Å². The Kier molecular flexibility index (Phi) is 9.88. The molecule has 0 aliphatic rings. The largest absolute Gasteiger partial charge is 0.383 e. The molecule has 1 unspecified atom stereocenters. The molecule has 0 saturated heterocycles. The van der Waals surface area contributed by atoms with Gasteiger partial charge < -0.3 is 15.4 Å².